The first-order chi connectivity index (χ1) is 6.09. The van der Waals surface area contributed by atoms with E-state index in [-0.39, 0.29) is 6.61 Å². The van der Waals surface area contributed by atoms with Crippen molar-refractivity contribution in [2.24, 2.45) is 5.92 Å². The fourth-order valence-electron chi connectivity index (χ4n) is 1.45. The van der Waals surface area contributed by atoms with Gasteiger partial charge in [0.2, 0.25) is 0 Å². The smallest absolute Gasteiger partial charge is 0.193 e. The van der Waals surface area contributed by atoms with Crippen LogP contribution < -0.4 is 0 Å². The van der Waals surface area contributed by atoms with Gasteiger partial charge in [0.1, 0.15) is 18.1 Å². The third kappa shape index (κ3) is 1.54. The molecule has 0 aromatic carbocycles. The van der Waals surface area contributed by atoms with E-state index >= 15 is 0 Å². The van der Waals surface area contributed by atoms with E-state index < -0.39 is 23.9 Å². The van der Waals surface area contributed by atoms with Gasteiger partial charge in [-0.1, -0.05) is 0 Å². The van der Waals surface area contributed by atoms with Crippen molar-refractivity contribution in [3.63, 3.8) is 0 Å². The molecule has 1 fully saturated rings. The van der Waals surface area contributed by atoms with Gasteiger partial charge in [-0.15, -0.1) is 0 Å². The Kier molecular flexibility index (Phi) is 2.88. The van der Waals surface area contributed by atoms with Gasteiger partial charge in [-0.3, -0.25) is 0 Å². The Morgan fingerprint density at radius 1 is 1.69 bits per heavy atom. The lowest BCUT2D eigenvalue weighted by molar-refractivity contribution is -0.234. The zero-order chi connectivity index (χ0) is 10.1. The Balaban J connectivity index is 2.84. The van der Waals surface area contributed by atoms with Crippen LogP contribution in [0, 0.1) is 17.2 Å². The molecule has 4 atom stereocenters. The van der Waals surface area contributed by atoms with Gasteiger partial charge in [-0.25, -0.2) is 0 Å². The summed E-state index contributed by atoms with van der Waals surface area (Å²) >= 11 is 0. The summed E-state index contributed by atoms with van der Waals surface area (Å²) in [7, 11) is 1.39. The largest absolute Gasteiger partial charge is 0.394 e. The molecule has 5 nitrogen and oxygen atoms in total. The average molecular weight is 187 g/mol. The van der Waals surface area contributed by atoms with Crippen LogP contribution in [-0.2, 0) is 9.47 Å². The van der Waals surface area contributed by atoms with Crippen LogP contribution in [0.2, 0.25) is 0 Å². The van der Waals surface area contributed by atoms with Crippen LogP contribution in [0.4, 0.5) is 0 Å². The first-order valence-electron chi connectivity index (χ1n) is 4.00. The van der Waals surface area contributed by atoms with Crippen molar-refractivity contribution in [3.05, 3.63) is 0 Å². The summed E-state index contributed by atoms with van der Waals surface area (Å²) in [5.74, 6) is -1.93. The molecule has 0 aromatic heterocycles. The Morgan fingerprint density at radius 2 is 2.31 bits per heavy atom. The minimum atomic E-state index is -1.19. The minimum absolute atomic E-state index is 0.297. The molecule has 0 aromatic rings. The van der Waals surface area contributed by atoms with Crippen LogP contribution in [0.1, 0.15) is 6.92 Å². The maximum absolute atomic E-state index is 9.63. The lowest BCUT2D eigenvalue weighted by Gasteiger charge is -2.25. The SMILES string of the molecule is COC1(C)O[C@H](CO)[C@H](C#N)[C@H]1O. The van der Waals surface area contributed by atoms with Gasteiger partial charge in [0.15, 0.2) is 5.79 Å². The second-order valence-electron chi connectivity index (χ2n) is 3.16. The van der Waals surface area contributed by atoms with Crippen LogP contribution in [0.5, 0.6) is 0 Å². The van der Waals surface area contributed by atoms with Crippen molar-refractivity contribution in [2.45, 2.75) is 24.9 Å². The van der Waals surface area contributed by atoms with Gasteiger partial charge in [0.25, 0.3) is 0 Å². The summed E-state index contributed by atoms with van der Waals surface area (Å²) in [4.78, 5) is 0. The van der Waals surface area contributed by atoms with Crippen LogP contribution in [0.3, 0.4) is 0 Å². The summed E-state index contributed by atoms with van der Waals surface area (Å²) in [5, 5.41) is 27.2. The Labute approximate surface area is 76.5 Å². The van der Waals surface area contributed by atoms with E-state index in [4.69, 9.17) is 19.8 Å². The van der Waals surface area contributed by atoms with Crippen molar-refractivity contribution in [1.29, 1.82) is 5.26 Å². The molecule has 1 aliphatic heterocycles. The van der Waals surface area contributed by atoms with Gasteiger partial charge in [0, 0.05) is 7.11 Å². The molecule has 74 valence electrons. The van der Waals surface area contributed by atoms with E-state index in [1.165, 1.54) is 14.0 Å². The van der Waals surface area contributed by atoms with Gasteiger partial charge >= 0.3 is 0 Å². The third-order valence-corrected chi connectivity index (χ3v) is 2.40. The first-order valence-corrected chi connectivity index (χ1v) is 4.00. The molecular formula is C8H13NO4. The van der Waals surface area contributed by atoms with E-state index in [2.05, 4.69) is 0 Å². The molecule has 0 amide bonds. The van der Waals surface area contributed by atoms with E-state index in [9.17, 15) is 5.11 Å². The van der Waals surface area contributed by atoms with Gasteiger partial charge in [-0.05, 0) is 6.92 Å². The third-order valence-electron chi connectivity index (χ3n) is 2.40. The van der Waals surface area contributed by atoms with Gasteiger partial charge in [0.05, 0.1) is 12.7 Å². The molecule has 13 heavy (non-hydrogen) atoms. The molecule has 1 heterocycles. The van der Waals surface area contributed by atoms with Crippen molar-refractivity contribution >= 4 is 0 Å². The highest BCUT2D eigenvalue weighted by atomic mass is 16.7. The fraction of sp³-hybridized carbons (Fsp3) is 0.875. The summed E-state index contributed by atoms with van der Waals surface area (Å²) in [6.07, 6.45) is -1.70. The molecule has 0 saturated carbocycles. The topological polar surface area (TPSA) is 82.7 Å². The van der Waals surface area contributed by atoms with E-state index in [0.29, 0.717) is 0 Å². The summed E-state index contributed by atoms with van der Waals surface area (Å²) < 4.78 is 10.2. The summed E-state index contributed by atoms with van der Waals surface area (Å²) in [6, 6.07) is 1.89. The highest BCUT2D eigenvalue weighted by Crippen LogP contribution is 2.35. The number of nitrogens with zero attached hydrogens (tertiary/aromatic N) is 1. The van der Waals surface area contributed by atoms with Gasteiger partial charge in [-0.2, -0.15) is 5.26 Å². The molecule has 0 radical (unpaired) electrons. The van der Waals surface area contributed by atoms with Crippen molar-refractivity contribution in [1.82, 2.24) is 0 Å². The van der Waals surface area contributed by atoms with E-state index in [1.807, 2.05) is 6.07 Å². The minimum Gasteiger partial charge on any atom is -0.394 e. The highest BCUT2D eigenvalue weighted by Gasteiger charge is 2.52. The normalized spacial score (nSPS) is 44.7. The monoisotopic (exact) mass is 187 g/mol. The Bertz CT molecular complexity index is 227. The molecule has 5 heteroatoms. The van der Waals surface area contributed by atoms with Gasteiger partial charge < -0.3 is 19.7 Å². The van der Waals surface area contributed by atoms with Crippen molar-refractivity contribution in [2.75, 3.05) is 13.7 Å². The highest BCUT2D eigenvalue weighted by molar-refractivity contribution is 5.03. The standard InChI is InChI=1S/C8H13NO4/c1-8(12-2)7(11)5(3-9)6(4-10)13-8/h5-7,10-11H,4H2,1-2H3/t5-,6+,7+,8?/m0/s1. The molecular weight excluding hydrogens is 174 g/mol. The number of ether oxygens (including phenoxy) is 2. The maximum atomic E-state index is 9.63. The number of methoxy groups -OCH3 is 1. The molecule has 0 spiro atoms. The van der Waals surface area contributed by atoms with Crippen LogP contribution in [-0.4, -0.2) is 41.9 Å². The second kappa shape index (κ2) is 3.60. The predicted octanol–water partition coefficient (Wildman–Crippen LogP) is -0.759. The predicted molar refractivity (Wildman–Crippen MR) is 42.5 cm³/mol. The molecule has 1 unspecified atom stereocenters. The van der Waals surface area contributed by atoms with Crippen molar-refractivity contribution in [3.8, 4) is 6.07 Å². The number of hydrogen-bond acceptors (Lipinski definition) is 5. The number of nitriles is 1. The lowest BCUT2D eigenvalue weighted by Crippen LogP contribution is -2.39. The van der Waals surface area contributed by atoms with Crippen molar-refractivity contribution < 1.29 is 19.7 Å². The zero-order valence-electron chi connectivity index (χ0n) is 7.60. The van der Waals surface area contributed by atoms with Crippen LogP contribution in [0.15, 0.2) is 0 Å². The number of aliphatic hydroxyl groups is 2. The summed E-state index contributed by atoms with van der Waals surface area (Å²) in [5.41, 5.74) is 0. The average Bonchev–Trinajstić information content (AvgIpc) is 2.40. The quantitative estimate of drug-likeness (QED) is 0.593. The second-order valence-corrected chi connectivity index (χ2v) is 3.16. The number of aliphatic hydroxyl groups excluding tert-OH is 2. The molecule has 0 bridgehead atoms. The Morgan fingerprint density at radius 3 is 2.62 bits per heavy atom. The maximum Gasteiger partial charge on any atom is 0.193 e. The summed E-state index contributed by atoms with van der Waals surface area (Å²) in [6.45, 7) is 1.24. The van der Waals surface area contributed by atoms with Crippen LogP contribution >= 0.6 is 0 Å². The molecule has 1 rings (SSSR count). The molecule has 0 aliphatic carbocycles. The van der Waals surface area contributed by atoms with E-state index in [0.717, 1.165) is 0 Å². The zero-order valence-corrected chi connectivity index (χ0v) is 7.60. The lowest BCUT2D eigenvalue weighted by atomic mass is 9.97. The van der Waals surface area contributed by atoms with E-state index in [1.54, 1.807) is 0 Å². The molecule has 1 aliphatic rings. The number of rotatable bonds is 2. The number of hydrogen-bond donors (Lipinski definition) is 2. The van der Waals surface area contributed by atoms with Crippen LogP contribution in [0.25, 0.3) is 0 Å². The first kappa shape index (κ1) is 10.4. The Hall–Kier alpha value is -0.670. The molecule has 2 N–H and O–H groups in total. The molecule has 1 saturated heterocycles. The fourth-order valence-corrected chi connectivity index (χ4v) is 1.45.